The molecule has 1 aliphatic heterocycles. The van der Waals surface area contributed by atoms with Crippen LogP contribution in [0.3, 0.4) is 0 Å². The van der Waals surface area contributed by atoms with Crippen molar-refractivity contribution in [3.63, 3.8) is 0 Å². The lowest BCUT2D eigenvalue weighted by molar-refractivity contribution is -0.173. The first-order valence-electron chi connectivity index (χ1n) is 11.4. The number of halogens is 3. The SMILES string of the molecule is CC(C)C1=CC23CCC4C(C)(C(=O)Cl)CCCC4(C)C2CC1C1(Br)C(=O)OC(=O)C31Br. The van der Waals surface area contributed by atoms with E-state index in [1.54, 1.807) is 0 Å². The molecule has 6 rings (SSSR count). The van der Waals surface area contributed by atoms with Crippen LogP contribution in [-0.2, 0) is 19.1 Å². The zero-order chi connectivity index (χ0) is 22.8. The Bertz CT molecular complexity index is 948. The van der Waals surface area contributed by atoms with E-state index in [4.69, 9.17) is 16.3 Å². The van der Waals surface area contributed by atoms with Gasteiger partial charge in [0.2, 0.25) is 5.24 Å². The Hall–Kier alpha value is -0.200. The van der Waals surface area contributed by atoms with Gasteiger partial charge in [-0.2, -0.15) is 0 Å². The zero-order valence-corrected chi connectivity index (χ0v) is 22.3. The van der Waals surface area contributed by atoms with Gasteiger partial charge in [-0.3, -0.25) is 4.79 Å². The number of cyclic esters (lactones) is 2. The zero-order valence-electron chi connectivity index (χ0n) is 18.4. The van der Waals surface area contributed by atoms with Crippen LogP contribution in [0.25, 0.3) is 0 Å². The van der Waals surface area contributed by atoms with Crippen molar-refractivity contribution in [3.8, 4) is 0 Å². The van der Waals surface area contributed by atoms with Gasteiger partial charge in [0.05, 0.1) is 0 Å². The fourth-order valence-electron chi connectivity index (χ4n) is 8.68. The predicted molar refractivity (Wildman–Crippen MR) is 125 cm³/mol. The van der Waals surface area contributed by atoms with E-state index in [9.17, 15) is 14.4 Å². The van der Waals surface area contributed by atoms with Gasteiger partial charge in [-0.05, 0) is 66.9 Å². The van der Waals surface area contributed by atoms with Gasteiger partial charge in [0, 0.05) is 16.7 Å². The second kappa shape index (κ2) is 6.47. The summed E-state index contributed by atoms with van der Waals surface area (Å²) in [4.78, 5) is 39.0. The van der Waals surface area contributed by atoms with Crippen LogP contribution >= 0.6 is 43.5 Å². The molecule has 1 saturated heterocycles. The third kappa shape index (κ3) is 2.27. The Balaban J connectivity index is 1.74. The Morgan fingerprint density at radius 2 is 1.81 bits per heavy atom. The Morgan fingerprint density at radius 3 is 2.42 bits per heavy atom. The summed E-state index contributed by atoms with van der Waals surface area (Å²) < 4.78 is 3.11. The van der Waals surface area contributed by atoms with Crippen LogP contribution in [0.2, 0.25) is 0 Å². The van der Waals surface area contributed by atoms with Crippen molar-refractivity contribution in [2.45, 2.75) is 74.9 Å². The molecule has 0 radical (unpaired) electrons. The molecule has 0 aromatic carbocycles. The maximum atomic E-state index is 13.3. The average molecular weight is 577 g/mol. The molecule has 5 aliphatic carbocycles. The monoisotopic (exact) mass is 574 g/mol. The summed E-state index contributed by atoms with van der Waals surface area (Å²) >= 11 is 13.9. The number of alkyl halides is 2. The normalized spacial score (nSPS) is 52.9. The number of hydrogen-bond acceptors (Lipinski definition) is 4. The quantitative estimate of drug-likeness (QED) is 0.135. The first-order chi connectivity index (χ1) is 14.3. The van der Waals surface area contributed by atoms with Crippen molar-refractivity contribution in [1.29, 1.82) is 0 Å². The maximum absolute atomic E-state index is 13.3. The molecule has 170 valence electrons. The highest BCUT2D eigenvalue weighted by atomic mass is 79.9. The number of ether oxygens (including phenoxy) is 1. The molecule has 3 saturated carbocycles. The second-order valence-corrected chi connectivity index (χ2v) is 14.2. The van der Waals surface area contributed by atoms with Gasteiger partial charge in [-0.25, -0.2) is 9.59 Å². The smallest absolute Gasteiger partial charge is 0.333 e. The van der Waals surface area contributed by atoms with Crippen molar-refractivity contribution in [1.82, 2.24) is 0 Å². The molecule has 0 N–H and O–H groups in total. The molecule has 0 aromatic rings. The van der Waals surface area contributed by atoms with Crippen LogP contribution in [0, 0.1) is 39.9 Å². The summed E-state index contributed by atoms with van der Waals surface area (Å²) in [6.45, 7) is 8.65. The van der Waals surface area contributed by atoms with Crippen molar-refractivity contribution < 1.29 is 19.1 Å². The van der Waals surface area contributed by atoms with Crippen LogP contribution in [0.4, 0.5) is 0 Å². The topological polar surface area (TPSA) is 60.4 Å². The Morgan fingerprint density at radius 1 is 1.13 bits per heavy atom. The van der Waals surface area contributed by atoms with Crippen LogP contribution in [0.1, 0.15) is 66.2 Å². The van der Waals surface area contributed by atoms with E-state index in [0.29, 0.717) is 0 Å². The Labute approximate surface area is 205 Å². The van der Waals surface area contributed by atoms with Crippen LogP contribution < -0.4 is 0 Å². The molecule has 1 spiro atoms. The van der Waals surface area contributed by atoms with Gasteiger partial charge in [0.15, 0.2) is 8.65 Å². The molecule has 4 nitrogen and oxygen atoms in total. The molecule has 31 heavy (non-hydrogen) atoms. The number of hydrogen-bond donors (Lipinski definition) is 0. The van der Waals surface area contributed by atoms with E-state index in [1.807, 2.05) is 6.92 Å². The van der Waals surface area contributed by atoms with E-state index >= 15 is 0 Å². The molecule has 0 aromatic heterocycles. The number of carbonyl (C=O) groups is 3. The highest BCUT2D eigenvalue weighted by molar-refractivity contribution is 9.13. The minimum Gasteiger partial charge on any atom is -0.391 e. The summed E-state index contributed by atoms with van der Waals surface area (Å²) in [5, 5.41) is -0.238. The van der Waals surface area contributed by atoms with Gasteiger partial charge in [0.1, 0.15) is 0 Å². The molecule has 1 heterocycles. The fraction of sp³-hybridized carbons (Fsp3) is 0.792. The lowest BCUT2D eigenvalue weighted by Gasteiger charge is -2.71. The Kier molecular flexibility index (Phi) is 4.72. The highest BCUT2D eigenvalue weighted by Gasteiger charge is 2.84. The van der Waals surface area contributed by atoms with Gasteiger partial charge < -0.3 is 4.74 Å². The maximum Gasteiger partial charge on any atom is 0.333 e. The molecular formula is C24H29Br2ClO4. The fourth-order valence-corrected chi connectivity index (χ4v) is 11.1. The van der Waals surface area contributed by atoms with Gasteiger partial charge >= 0.3 is 11.9 Å². The number of rotatable bonds is 2. The van der Waals surface area contributed by atoms with Crippen molar-refractivity contribution >= 4 is 60.6 Å². The van der Waals surface area contributed by atoms with Crippen LogP contribution in [-0.4, -0.2) is 25.8 Å². The summed E-state index contributed by atoms with van der Waals surface area (Å²) in [6, 6.07) is 0. The number of allylic oxidation sites excluding steroid dienone is 2. The predicted octanol–water partition coefficient (Wildman–Crippen LogP) is 5.93. The summed E-state index contributed by atoms with van der Waals surface area (Å²) in [5.74, 6) is -0.487. The first kappa shape index (κ1) is 22.6. The number of fused-ring (bicyclic) bond motifs is 1. The molecule has 4 fully saturated rings. The molecule has 0 amide bonds. The lowest BCUT2D eigenvalue weighted by atomic mass is 9.34. The number of carbonyl (C=O) groups excluding carboxylic acids is 3. The van der Waals surface area contributed by atoms with Gasteiger partial charge in [-0.1, -0.05) is 77.6 Å². The minimum absolute atomic E-state index is 0.131. The average Bonchev–Trinajstić information content (AvgIpc) is 2.88. The van der Waals surface area contributed by atoms with E-state index in [0.717, 1.165) is 38.5 Å². The molecule has 7 heteroatoms. The molecule has 6 aliphatic rings. The third-order valence-electron chi connectivity index (χ3n) is 10.0. The van der Waals surface area contributed by atoms with Crippen molar-refractivity contribution in [3.05, 3.63) is 11.6 Å². The number of esters is 2. The van der Waals surface area contributed by atoms with Gasteiger partial charge in [0.25, 0.3) is 0 Å². The van der Waals surface area contributed by atoms with Gasteiger partial charge in [-0.15, -0.1) is 0 Å². The van der Waals surface area contributed by atoms with Crippen molar-refractivity contribution in [2.75, 3.05) is 0 Å². The lowest BCUT2D eigenvalue weighted by Crippen LogP contribution is -2.75. The van der Waals surface area contributed by atoms with E-state index in [2.05, 4.69) is 58.7 Å². The second-order valence-electron chi connectivity index (χ2n) is 11.4. The van der Waals surface area contributed by atoms with Crippen LogP contribution in [0.15, 0.2) is 11.6 Å². The first-order valence-corrected chi connectivity index (χ1v) is 13.3. The largest absolute Gasteiger partial charge is 0.391 e. The molecule has 2 bridgehead atoms. The van der Waals surface area contributed by atoms with Crippen LogP contribution in [0.5, 0.6) is 0 Å². The summed E-state index contributed by atoms with van der Waals surface area (Å²) in [5.41, 5.74) is -0.000907. The van der Waals surface area contributed by atoms with E-state index < -0.39 is 31.4 Å². The summed E-state index contributed by atoms with van der Waals surface area (Å²) in [6.07, 6.45) is 7.42. The molecular weight excluding hydrogens is 548 g/mol. The highest BCUT2D eigenvalue weighted by Crippen LogP contribution is 2.79. The van der Waals surface area contributed by atoms with E-state index in [-0.39, 0.29) is 34.3 Å². The van der Waals surface area contributed by atoms with Crippen molar-refractivity contribution in [2.24, 2.45) is 39.9 Å². The standard InChI is InChI=1S/C24H29Br2ClO4/c1-12(2)13-11-22-9-6-15-20(3,7-5-8-21(15,4)17(27)28)16(22)10-14(13)23(25)18(29)31-19(30)24(22,23)26/h11-12,14-16H,5-10H2,1-4H3. The minimum atomic E-state index is -1.14. The third-order valence-corrected chi connectivity index (χ3v) is 14.2. The van der Waals surface area contributed by atoms with E-state index in [1.165, 1.54) is 5.57 Å². The molecule has 8 atom stereocenters. The molecule has 8 unspecified atom stereocenters. The summed E-state index contributed by atoms with van der Waals surface area (Å²) in [7, 11) is 0.